The lowest BCUT2D eigenvalue weighted by Crippen LogP contribution is -2.49. The topological polar surface area (TPSA) is 75.7 Å². The van der Waals surface area contributed by atoms with E-state index in [2.05, 4.69) is 11.9 Å². The molecule has 3 aliphatic heterocycles. The predicted octanol–water partition coefficient (Wildman–Crippen LogP) is 6.89. The number of nitrogens with one attached hydrogen (secondary N) is 1. The number of carbonyl (C=O) groups is 3. The van der Waals surface area contributed by atoms with E-state index in [1.807, 2.05) is 65.7 Å². The zero-order valence-electron chi connectivity index (χ0n) is 23.1. The van der Waals surface area contributed by atoms with Crippen molar-refractivity contribution in [3.63, 3.8) is 0 Å². The smallest absolute Gasteiger partial charge is 0.238 e. The van der Waals surface area contributed by atoms with Crippen LogP contribution in [0.2, 0.25) is 5.02 Å². The zero-order valence-corrected chi connectivity index (χ0v) is 23.8. The van der Waals surface area contributed by atoms with Gasteiger partial charge < -0.3 is 15.0 Å². The number of benzene rings is 4. The van der Waals surface area contributed by atoms with Crippen LogP contribution in [-0.2, 0) is 10.2 Å². The van der Waals surface area contributed by atoms with Crippen molar-refractivity contribution < 1.29 is 19.1 Å². The van der Waals surface area contributed by atoms with Crippen LogP contribution in [-0.4, -0.2) is 35.0 Å². The molecule has 7 heteroatoms. The van der Waals surface area contributed by atoms with Crippen LogP contribution in [0, 0.1) is 5.92 Å². The van der Waals surface area contributed by atoms with E-state index in [0.29, 0.717) is 34.7 Å². The van der Waals surface area contributed by atoms with E-state index in [1.165, 1.54) is 0 Å². The summed E-state index contributed by atoms with van der Waals surface area (Å²) in [7, 11) is 0. The second-order valence-corrected chi connectivity index (χ2v) is 11.3. The van der Waals surface area contributed by atoms with Gasteiger partial charge in [0.1, 0.15) is 23.8 Å². The minimum absolute atomic E-state index is 0.289. The van der Waals surface area contributed by atoms with Crippen molar-refractivity contribution in [3.8, 4) is 5.75 Å². The molecule has 3 heterocycles. The van der Waals surface area contributed by atoms with Crippen LogP contribution in [0.1, 0.15) is 43.4 Å². The lowest BCUT2D eigenvalue weighted by Gasteiger charge is -2.38. The number of ether oxygens (including phenoxy) is 1. The quantitative estimate of drug-likeness (QED) is 0.189. The molecule has 1 N–H and O–H groups in total. The van der Waals surface area contributed by atoms with Crippen LogP contribution in [0.4, 0.5) is 5.69 Å². The zero-order chi connectivity index (χ0) is 29.7. The van der Waals surface area contributed by atoms with E-state index in [0.717, 1.165) is 11.1 Å². The van der Waals surface area contributed by atoms with Gasteiger partial charge in [0, 0.05) is 23.0 Å². The summed E-state index contributed by atoms with van der Waals surface area (Å²) in [4.78, 5) is 46.0. The Labute approximate surface area is 254 Å². The van der Waals surface area contributed by atoms with Gasteiger partial charge in [-0.05, 0) is 65.2 Å². The maximum Gasteiger partial charge on any atom is 0.238 e. The number of halogens is 1. The van der Waals surface area contributed by atoms with Crippen LogP contribution in [0.15, 0.2) is 116 Å². The molecule has 4 aromatic carbocycles. The maximum absolute atomic E-state index is 14.9. The SMILES string of the molecule is C=CCOc1ccc(C(=O)[C@H]2[C@@H](C(=O)c3ccccc3Cl)N3C=Cc4ccccc4[C@@H]3[C@]23C(=O)Nc2ccccc23)cc1. The largest absolute Gasteiger partial charge is 0.490 e. The third-order valence-electron chi connectivity index (χ3n) is 8.77. The summed E-state index contributed by atoms with van der Waals surface area (Å²) in [5.41, 5.74) is 2.40. The number of hydrogen-bond donors (Lipinski definition) is 1. The molecular formula is C36H27ClN2O4. The highest BCUT2D eigenvalue weighted by Crippen LogP contribution is 2.62. The fourth-order valence-electron chi connectivity index (χ4n) is 7.04. The third-order valence-corrected chi connectivity index (χ3v) is 9.10. The number of ketones is 2. The number of rotatable bonds is 7. The highest BCUT2D eigenvalue weighted by atomic mass is 35.5. The molecule has 0 unspecified atom stereocenters. The Bertz CT molecular complexity index is 1830. The van der Waals surface area contributed by atoms with Gasteiger partial charge in [0.2, 0.25) is 5.91 Å². The summed E-state index contributed by atoms with van der Waals surface area (Å²) in [6.45, 7) is 4.01. The summed E-state index contributed by atoms with van der Waals surface area (Å²) in [6, 6.07) is 27.3. The van der Waals surface area contributed by atoms with Crippen molar-refractivity contribution in [3.05, 3.63) is 149 Å². The molecule has 212 valence electrons. The standard InChI is InChI=1S/C36H27ClN2O4/c1-2-21-43-24-17-15-23(16-18-24)32(40)30-31(33(41)26-11-5-7-13-28(26)37)39-20-19-22-9-3-4-10-25(22)34(39)36(30)27-12-6-8-14-29(27)38-35(36)42/h2-20,30-31,34H,1,21H2,(H,38,42)/t30-,31+,34-,36-/m1/s1. The molecule has 0 bridgehead atoms. The number of nitrogens with zero attached hydrogens (tertiary/aromatic N) is 1. The highest BCUT2D eigenvalue weighted by molar-refractivity contribution is 6.34. The molecule has 6 nitrogen and oxygen atoms in total. The fourth-order valence-corrected chi connectivity index (χ4v) is 7.27. The number of hydrogen-bond acceptors (Lipinski definition) is 5. The van der Waals surface area contributed by atoms with Gasteiger partial charge >= 0.3 is 0 Å². The average Bonchev–Trinajstić information content (AvgIpc) is 3.52. The van der Waals surface area contributed by atoms with E-state index >= 15 is 0 Å². The molecule has 1 saturated heterocycles. The first-order valence-electron chi connectivity index (χ1n) is 14.1. The summed E-state index contributed by atoms with van der Waals surface area (Å²) in [6.07, 6.45) is 5.43. The highest BCUT2D eigenvalue weighted by Gasteiger charge is 2.70. The molecule has 4 aromatic rings. The predicted molar refractivity (Wildman–Crippen MR) is 166 cm³/mol. The van der Waals surface area contributed by atoms with Crippen LogP contribution >= 0.6 is 11.6 Å². The first kappa shape index (κ1) is 26.9. The van der Waals surface area contributed by atoms with Gasteiger partial charge in [0.25, 0.3) is 0 Å². The van der Waals surface area contributed by atoms with Gasteiger partial charge in [-0.3, -0.25) is 14.4 Å². The Balaban J connectivity index is 1.49. The van der Waals surface area contributed by atoms with E-state index < -0.39 is 23.4 Å². The van der Waals surface area contributed by atoms with Crippen LogP contribution in [0.25, 0.3) is 6.08 Å². The molecule has 4 atom stereocenters. The molecule has 0 radical (unpaired) electrons. The molecule has 43 heavy (non-hydrogen) atoms. The Hall–Kier alpha value is -4.94. The van der Waals surface area contributed by atoms with Crippen molar-refractivity contribution in [1.29, 1.82) is 0 Å². The monoisotopic (exact) mass is 586 g/mol. The summed E-state index contributed by atoms with van der Waals surface area (Å²) < 4.78 is 5.64. The Kier molecular flexibility index (Phi) is 6.51. The Morgan fingerprint density at radius 2 is 1.65 bits per heavy atom. The minimum atomic E-state index is -1.41. The van der Waals surface area contributed by atoms with Crippen LogP contribution in [0.3, 0.4) is 0 Å². The van der Waals surface area contributed by atoms with Gasteiger partial charge in [-0.1, -0.05) is 78.9 Å². The summed E-state index contributed by atoms with van der Waals surface area (Å²) >= 11 is 6.58. The number of amides is 1. The second kappa shape index (κ2) is 10.4. The Morgan fingerprint density at radius 1 is 0.930 bits per heavy atom. The first-order chi connectivity index (χ1) is 21.0. The molecule has 0 saturated carbocycles. The van der Waals surface area contributed by atoms with E-state index in [9.17, 15) is 14.4 Å². The molecule has 7 rings (SSSR count). The lowest BCUT2D eigenvalue weighted by atomic mass is 9.62. The van der Waals surface area contributed by atoms with Gasteiger partial charge in [-0.2, -0.15) is 0 Å². The van der Waals surface area contributed by atoms with Crippen molar-refractivity contribution >= 4 is 40.8 Å². The second-order valence-electron chi connectivity index (χ2n) is 10.9. The molecule has 0 aliphatic carbocycles. The number of Topliss-reactive ketones (excluding diaryl/α,β-unsaturated/α-hetero) is 2. The summed E-state index contributed by atoms with van der Waals surface area (Å²) in [5.74, 6) is -1.45. The molecule has 3 aliphatic rings. The van der Waals surface area contributed by atoms with Gasteiger partial charge in [0.15, 0.2) is 11.6 Å². The van der Waals surface area contributed by atoms with Crippen molar-refractivity contribution in [2.24, 2.45) is 5.92 Å². The number of carbonyl (C=O) groups excluding carboxylic acids is 3. The molecule has 1 spiro atoms. The summed E-state index contributed by atoms with van der Waals surface area (Å²) in [5, 5.41) is 3.35. The maximum atomic E-state index is 14.9. The van der Waals surface area contributed by atoms with E-state index in [4.69, 9.17) is 16.3 Å². The first-order valence-corrected chi connectivity index (χ1v) is 14.5. The van der Waals surface area contributed by atoms with Crippen molar-refractivity contribution in [1.82, 2.24) is 4.90 Å². The van der Waals surface area contributed by atoms with E-state index in [1.54, 1.807) is 54.6 Å². The number of anilines is 1. The van der Waals surface area contributed by atoms with Gasteiger partial charge in [-0.25, -0.2) is 0 Å². The molecular weight excluding hydrogens is 560 g/mol. The molecule has 0 aromatic heterocycles. The van der Waals surface area contributed by atoms with Gasteiger partial charge in [-0.15, -0.1) is 0 Å². The third kappa shape index (κ3) is 3.97. The Morgan fingerprint density at radius 3 is 2.44 bits per heavy atom. The van der Waals surface area contributed by atoms with Crippen molar-refractivity contribution in [2.45, 2.75) is 17.5 Å². The molecule has 1 fully saturated rings. The number of para-hydroxylation sites is 1. The van der Waals surface area contributed by atoms with Gasteiger partial charge in [0.05, 0.1) is 17.0 Å². The average molecular weight is 587 g/mol. The number of fused-ring (bicyclic) bond motifs is 6. The van der Waals surface area contributed by atoms with E-state index in [-0.39, 0.29) is 22.5 Å². The fraction of sp³-hybridized carbons (Fsp3) is 0.139. The normalized spacial score (nSPS) is 22.9. The minimum Gasteiger partial charge on any atom is -0.490 e. The molecule has 1 amide bonds. The van der Waals surface area contributed by atoms with Crippen molar-refractivity contribution in [2.75, 3.05) is 11.9 Å². The lowest BCUT2D eigenvalue weighted by molar-refractivity contribution is -0.122. The van der Waals surface area contributed by atoms with Crippen LogP contribution < -0.4 is 10.1 Å². The van der Waals surface area contributed by atoms with Crippen LogP contribution in [0.5, 0.6) is 5.75 Å².